The molecule has 1 atom stereocenters. The van der Waals surface area contributed by atoms with Crippen LogP contribution in [0.25, 0.3) is 0 Å². The predicted octanol–water partition coefficient (Wildman–Crippen LogP) is 3.26. The molecular formula is C21H25N3O2. The summed E-state index contributed by atoms with van der Waals surface area (Å²) in [5, 5.41) is 2.92. The van der Waals surface area contributed by atoms with E-state index in [2.05, 4.69) is 47.2 Å². The molecule has 1 aromatic heterocycles. The van der Waals surface area contributed by atoms with Crippen molar-refractivity contribution in [3.05, 3.63) is 53.7 Å². The summed E-state index contributed by atoms with van der Waals surface area (Å²) in [6, 6.07) is 12.0. The summed E-state index contributed by atoms with van der Waals surface area (Å²) in [7, 11) is 0. The number of anilines is 1. The molecule has 0 bridgehead atoms. The third kappa shape index (κ3) is 3.73. The zero-order valence-electron chi connectivity index (χ0n) is 15.4. The van der Waals surface area contributed by atoms with Crippen LogP contribution in [0.5, 0.6) is 5.75 Å². The number of likely N-dealkylation sites (tertiary alicyclic amines) is 1. The second-order valence-corrected chi connectivity index (χ2v) is 7.91. The smallest absolute Gasteiger partial charge is 0.229 e. The lowest BCUT2D eigenvalue weighted by molar-refractivity contribution is -0.119. The number of amides is 1. The fraction of sp³-hybridized carbons (Fsp3) is 0.429. The molecule has 26 heavy (non-hydrogen) atoms. The van der Waals surface area contributed by atoms with E-state index in [1.54, 1.807) is 6.20 Å². The lowest BCUT2D eigenvalue weighted by atomic mass is 10.00. The highest BCUT2D eigenvalue weighted by molar-refractivity contribution is 5.92. The first-order valence-electron chi connectivity index (χ1n) is 9.24. The highest BCUT2D eigenvalue weighted by Gasteiger charge is 2.31. The van der Waals surface area contributed by atoms with E-state index in [1.807, 2.05) is 18.2 Å². The van der Waals surface area contributed by atoms with Crippen LogP contribution in [0.2, 0.25) is 0 Å². The zero-order chi connectivity index (χ0) is 18.1. The van der Waals surface area contributed by atoms with Gasteiger partial charge in [-0.3, -0.25) is 9.69 Å². The highest BCUT2D eigenvalue weighted by Crippen LogP contribution is 2.35. The van der Waals surface area contributed by atoms with Gasteiger partial charge < -0.3 is 10.1 Å². The van der Waals surface area contributed by atoms with Crippen molar-refractivity contribution in [2.24, 2.45) is 5.92 Å². The molecule has 1 N–H and O–H groups in total. The van der Waals surface area contributed by atoms with Crippen LogP contribution in [0.1, 0.15) is 31.4 Å². The van der Waals surface area contributed by atoms with Gasteiger partial charge in [0.2, 0.25) is 5.91 Å². The number of nitrogens with one attached hydrogen (secondary N) is 1. The Morgan fingerprint density at radius 2 is 2.23 bits per heavy atom. The fourth-order valence-electron chi connectivity index (χ4n) is 3.87. The van der Waals surface area contributed by atoms with Gasteiger partial charge in [0.1, 0.15) is 17.2 Å². The third-order valence-corrected chi connectivity index (χ3v) is 5.09. The molecule has 5 heteroatoms. The highest BCUT2D eigenvalue weighted by atomic mass is 16.5. The average molecular weight is 351 g/mol. The molecular weight excluding hydrogens is 326 g/mol. The zero-order valence-corrected chi connectivity index (χ0v) is 15.4. The number of fused-ring (bicyclic) bond motifs is 1. The number of carbonyl (C=O) groups is 1. The van der Waals surface area contributed by atoms with Gasteiger partial charge in [-0.1, -0.05) is 18.2 Å². The van der Waals surface area contributed by atoms with E-state index < -0.39 is 0 Å². The summed E-state index contributed by atoms with van der Waals surface area (Å²) >= 11 is 0. The molecule has 4 rings (SSSR count). The number of aromatic nitrogens is 1. The number of benzene rings is 1. The molecule has 1 amide bonds. The second-order valence-electron chi connectivity index (χ2n) is 7.91. The second kappa shape index (κ2) is 6.72. The van der Waals surface area contributed by atoms with Crippen molar-refractivity contribution in [2.75, 3.05) is 18.4 Å². The van der Waals surface area contributed by atoms with Gasteiger partial charge in [-0.15, -0.1) is 0 Å². The summed E-state index contributed by atoms with van der Waals surface area (Å²) in [5.41, 5.74) is 2.47. The van der Waals surface area contributed by atoms with Crippen LogP contribution < -0.4 is 10.1 Å². The number of ether oxygens (including phenoxy) is 1. The van der Waals surface area contributed by atoms with E-state index in [-0.39, 0.29) is 17.4 Å². The Hall–Kier alpha value is -2.40. The van der Waals surface area contributed by atoms with Crippen molar-refractivity contribution in [3.8, 4) is 5.75 Å². The van der Waals surface area contributed by atoms with Gasteiger partial charge in [0.15, 0.2) is 0 Å². The maximum absolute atomic E-state index is 12.4. The molecule has 1 aromatic carbocycles. The molecule has 2 aliphatic heterocycles. The molecule has 136 valence electrons. The number of hydrogen-bond acceptors (Lipinski definition) is 4. The molecule has 2 aromatic rings. The van der Waals surface area contributed by atoms with Gasteiger partial charge in [-0.25, -0.2) is 4.98 Å². The summed E-state index contributed by atoms with van der Waals surface area (Å²) in [4.78, 5) is 19.0. The fourth-order valence-corrected chi connectivity index (χ4v) is 3.87. The predicted molar refractivity (Wildman–Crippen MR) is 101 cm³/mol. The maximum atomic E-state index is 12.4. The maximum Gasteiger partial charge on any atom is 0.229 e. The molecule has 2 aliphatic rings. The normalized spacial score (nSPS) is 21.2. The van der Waals surface area contributed by atoms with Crippen LogP contribution >= 0.6 is 0 Å². The van der Waals surface area contributed by atoms with Crippen molar-refractivity contribution in [1.29, 1.82) is 0 Å². The number of hydrogen-bond donors (Lipinski definition) is 1. The lowest BCUT2D eigenvalue weighted by Gasteiger charge is -2.17. The number of carbonyl (C=O) groups excluding carboxylic acids is 1. The first-order valence-corrected chi connectivity index (χ1v) is 9.24. The van der Waals surface area contributed by atoms with Crippen molar-refractivity contribution in [1.82, 2.24) is 9.88 Å². The minimum Gasteiger partial charge on any atom is -0.487 e. The monoisotopic (exact) mass is 351 g/mol. The minimum atomic E-state index is -0.108. The quantitative estimate of drug-likeness (QED) is 0.919. The molecule has 0 unspecified atom stereocenters. The topological polar surface area (TPSA) is 54.5 Å². The van der Waals surface area contributed by atoms with Gasteiger partial charge in [0.05, 0.1) is 5.92 Å². The van der Waals surface area contributed by atoms with Crippen LogP contribution in [0.3, 0.4) is 0 Å². The van der Waals surface area contributed by atoms with E-state index in [0.717, 1.165) is 38.2 Å². The lowest BCUT2D eigenvalue weighted by Crippen LogP contribution is -2.27. The van der Waals surface area contributed by atoms with Crippen molar-refractivity contribution >= 4 is 11.7 Å². The van der Waals surface area contributed by atoms with Gasteiger partial charge >= 0.3 is 0 Å². The Balaban J connectivity index is 1.34. The largest absolute Gasteiger partial charge is 0.487 e. The van der Waals surface area contributed by atoms with Crippen LogP contribution in [-0.4, -0.2) is 34.5 Å². The molecule has 1 saturated heterocycles. The van der Waals surface area contributed by atoms with Crippen LogP contribution in [0.4, 0.5) is 5.82 Å². The number of nitrogens with zero attached hydrogens (tertiary/aromatic N) is 2. The Morgan fingerprint density at radius 1 is 1.35 bits per heavy atom. The average Bonchev–Trinajstić information content (AvgIpc) is 3.18. The minimum absolute atomic E-state index is 0.0219. The Bertz CT molecular complexity index is 804. The Kier molecular flexibility index (Phi) is 4.41. The number of pyridine rings is 1. The van der Waals surface area contributed by atoms with Crippen LogP contribution in [0, 0.1) is 5.92 Å². The Labute approximate surface area is 154 Å². The molecule has 1 fully saturated rings. The van der Waals surface area contributed by atoms with Gasteiger partial charge in [0, 0.05) is 25.7 Å². The van der Waals surface area contributed by atoms with Crippen LogP contribution in [0.15, 0.2) is 42.6 Å². The van der Waals surface area contributed by atoms with E-state index in [1.165, 1.54) is 11.1 Å². The van der Waals surface area contributed by atoms with E-state index in [9.17, 15) is 4.79 Å². The summed E-state index contributed by atoms with van der Waals surface area (Å²) < 4.78 is 5.95. The molecule has 0 saturated carbocycles. The van der Waals surface area contributed by atoms with E-state index in [0.29, 0.717) is 5.82 Å². The van der Waals surface area contributed by atoms with E-state index in [4.69, 9.17) is 4.74 Å². The van der Waals surface area contributed by atoms with Crippen molar-refractivity contribution in [3.63, 3.8) is 0 Å². The molecule has 5 nitrogen and oxygen atoms in total. The standard InChI is InChI=1S/C21H25N3O2/c1-21(2)12-17-11-15(6-7-18(17)26-21)13-24-10-8-16(14-24)20(25)23-19-5-3-4-9-22-19/h3-7,9,11,16H,8,10,12-14H2,1-2H3,(H,22,23,25)/t16-/m0/s1. The van der Waals surface area contributed by atoms with Crippen molar-refractivity contribution in [2.45, 2.75) is 38.8 Å². The summed E-state index contributed by atoms with van der Waals surface area (Å²) in [6.45, 7) is 6.86. The molecule has 3 heterocycles. The number of rotatable bonds is 4. The van der Waals surface area contributed by atoms with E-state index >= 15 is 0 Å². The van der Waals surface area contributed by atoms with Gasteiger partial charge in [0.25, 0.3) is 0 Å². The summed E-state index contributed by atoms with van der Waals surface area (Å²) in [5.74, 6) is 1.72. The Morgan fingerprint density at radius 3 is 3.04 bits per heavy atom. The van der Waals surface area contributed by atoms with Gasteiger partial charge in [-0.2, -0.15) is 0 Å². The molecule has 0 radical (unpaired) electrons. The first kappa shape index (κ1) is 17.0. The SMILES string of the molecule is CC1(C)Cc2cc(CN3CC[C@H](C(=O)Nc4ccccn4)C3)ccc2O1. The first-order chi connectivity index (χ1) is 12.5. The third-order valence-electron chi connectivity index (χ3n) is 5.09. The molecule has 0 spiro atoms. The van der Waals surface area contributed by atoms with Crippen molar-refractivity contribution < 1.29 is 9.53 Å². The summed E-state index contributed by atoms with van der Waals surface area (Å²) in [6.07, 6.45) is 3.53. The molecule has 0 aliphatic carbocycles. The van der Waals surface area contributed by atoms with Gasteiger partial charge in [-0.05, 0) is 56.1 Å². The van der Waals surface area contributed by atoms with Crippen LogP contribution in [-0.2, 0) is 17.8 Å².